The monoisotopic (exact) mass is 633 g/mol. The van der Waals surface area contributed by atoms with Crippen LogP contribution in [-0.4, -0.2) is 49.0 Å². The Morgan fingerprint density at radius 3 is 1.62 bits per heavy atom. The molecule has 4 heteroatoms. The van der Waals surface area contributed by atoms with Gasteiger partial charge < -0.3 is 14.4 Å². The Hall–Kier alpha value is 0.0900. The fourth-order valence-corrected chi connectivity index (χ4v) is 5.50. The van der Waals surface area contributed by atoms with E-state index in [9.17, 15) is 0 Å². The van der Waals surface area contributed by atoms with Crippen LogP contribution < -0.4 is 0 Å². The van der Waals surface area contributed by atoms with Gasteiger partial charge in [-0.15, -0.1) is 0 Å². The Kier molecular flexibility index (Phi) is 30.7. The van der Waals surface area contributed by atoms with Crippen molar-refractivity contribution < 1.29 is 9.47 Å². The van der Waals surface area contributed by atoms with Gasteiger partial charge in [0.1, 0.15) is 4.11 Å². The van der Waals surface area contributed by atoms with Crippen LogP contribution in [0, 0.1) is 0 Å². The van der Waals surface area contributed by atoms with Crippen molar-refractivity contribution in [2.45, 2.75) is 152 Å². The normalized spacial score (nSPS) is 13.9. The molecule has 0 N–H and O–H groups in total. The number of alkyl halides is 1. The zero-order valence-electron chi connectivity index (χ0n) is 25.4. The molecule has 2 unspecified atom stereocenters. The predicted molar refractivity (Wildman–Crippen MR) is 174 cm³/mol. The van der Waals surface area contributed by atoms with Crippen molar-refractivity contribution in [2.75, 3.05) is 33.9 Å². The number of ether oxygens (including phenoxy) is 2. The summed E-state index contributed by atoms with van der Waals surface area (Å²) in [6.45, 7) is 7.05. The maximum absolute atomic E-state index is 6.17. The molecule has 220 valence electrons. The van der Waals surface area contributed by atoms with Gasteiger partial charge in [-0.2, -0.15) is 0 Å². The number of hydrogen-bond donors (Lipinski definition) is 0. The van der Waals surface area contributed by atoms with Gasteiger partial charge >= 0.3 is 0 Å². The summed E-state index contributed by atoms with van der Waals surface area (Å²) >= 11 is 2.46. The van der Waals surface area contributed by atoms with Gasteiger partial charge in [-0.1, -0.05) is 122 Å². The molecule has 0 fully saturated rings. The van der Waals surface area contributed by atoms with E-state index < -0.39 is 0 Å². The number of rotatable bonds is 29. The summed E-state index contributed by atoms with van der Waals surface area (Å²) < 4.78 is 12.4. The zero-order valence-corrected chi connectivity index (χ0v) is 27.5. The third-order valence-corrected chi connectivity index (χ3v) is 8.21. The molecule has 0 saturated carbocycles. The van der Waals surface area contributed by atoms with E-state index in [0.29, 0.717) is 6.04 Å². The van der Waals surface area contributed by atoms with Crippen molar-refractivity contribution in [3.8, 4) is 0 Å². The molecule has 0 bridgehead atoms. The first-order valence-corrected chi connectivity index (χ1v) is 17.2. The summed E-state index contributed by atoms with van der Waals surface area (Å²) in [6, 6.07) is 0.322. The Bertz CT molecular complexity index is 495. The van der Waals surface area contributed by atoms with E-state index >= 15 is 0 Å². The molecule has 0 radical (unpaired) electrons. The largest absolute Gasteiger partial charge is 0.380 e. The minimum Gasteiger partial charge on any atom is -0.380 e. The van der Waals surface area contributed by atoms with E-state index in [0.717, 1.165) is 26.2 Å². The molecule has 0 amide bonds. The number of hydrogen-bond acceptors (Lipinski definition) is 3. The molecule has 2 atom stereocenters. The highest BCUT2D eigenvalue weighted by Crippen LogP contribution is 2.16. The van der Waals surface area contributed by atoms with E-state index in [-0.39, 0.29) is 4.11 Å². The fraction of sp³-hybridized carbons (Fsp3) is 0.879. The molecule has 3 nitrogen and oxygen atoms in total. The lowest BCUT2D eigenvalue weighted by atomic mass is 10.1. The summed E-state index contributed by atoms with van der Waals surface area (Å²) in [4.78, 5) is 2.25. The van der Waals surface area contributed by atoms with E-state index in [1.165, 1.54) is 122 Å². The summed E-state index contributed by atoms with van der Waals surface area (Å²) in [5, 5.41) is 0. The smallest absolute Gasteiger partial charge is 0.126 e. The average molecular weight is 634 g/mol. The molecule has 0 aromatic carbocycles. The molecule has 0 heterocycles. The van der Waals surface area contributed by atoms with Gasteiger partial charge in [0.05, 0.1) is 12.6 Å². The predicted octanol–water partition coefficient (Wildman–Crippen LogP) is 10.7. The molecule has 0 saturated heterocycles. The number of nitrogens with zero attached hydrogens (tertiary/aromatic N) is 1. The highest BCUT2D eigenvalue weighted by Gasteiger charge is 2.21. The molecule has 0 rings (SSSR count). The van der Waals surface area contributed by atoms with Crippen LogP contribution in [0.3, 0.4) is 0 Å². The molecule has 0 spiro atoms. The topological polar surface area (TPSA) is 21.7 Å². The summed E-state index contributed by atoms with van der Waals surface area (Å²) in [5.41, 5.74) is 0. The molecule has 37 heavy (non-hydrogen) atoms. The number of allylic oxidation sites excluding steroid dienone is 4. The lowest BCUT2D eigenvalue weighted by Crippen LogP contribution is -2.41. The van der Waals surface area contributed by atoms with Gasteiger partial charge in [-0.3, -0.25) is 0 Å². The van der Waals surface area contributed by atoms with E-state index in [1.54, 1.807) is 0 Å². The first kappa shape index (κ1) is 37.1. The minimum absolute atomic E-state index is 0.188. The van der Waals surface area contributed by atoms with Crippen LogP contribution in [0.2, 0.25) is 0 Å². The standard InChI is InChI=1S/C33H64INO2/c1-5-7-9-11-13-14-15-16-17-18-19-20-21-22-23-24-26-28-30-37-33(34)32(35(3)4)31-36-29-27-25-12-10-8-6-2/h13-14,16-17,32-33H,5-12,15,18-31H2,1-4H3/b14-13-,17-16-. The summed E-state index contributed by atoms with van der Waals surface area (Å²) in [6.07, 6.45) is 35.6. The van der Waals surface area contributed by atoms with E-state index in [2.05, 4.69) is 79.7 Å². The van der Waals surface area contributed by atoms with Crippen LogP contribution in [0.1, 0.15) is 142 Å². The maximum Gasteiger partial charge on any atom is 0.126 e. The van der Waals surface area contributed by atoms with Gasteiger partial charge in [-0.05, 0) is 81.6 Å². The minimum atomic E-state index is 0.188. The third kappa shape index (κ3) is 27.4. The number of halogens is 1. The third-order valence-electron chi connectivity index (χ3n) is 7.02. The lowest BCUT2D eigenvalue weighted by Gasteiger charge is -2.28. The van der Waals surface area contributed by atoms with Crippen LogP contribution in [0.5, 0.6) is 0 Å². The van der Waals surface area contributed by atoms with Crippen molar-refractivity contribution in [1.82, 2.24) is 4.90 Å². The first-order chi connectivity index (χ1) is 18.1. The SMILES string of the molecule is CCCCC/C=C\C/C=C\CCCCCCCCCCOC(I)C(COCCCCCCCC)N(C)C. The second-order valence-electron chi connectivity index (χ2n) is 10.9. The molecular formula is C33H64INO2. The lowest BCUT2D eigenvalue weighted by molar-refractivity contribution is 0.0110. The van der Waals surface area contributed by atoms with Gasteiger partial charge in [0.15, 0.2) is 0 Å². The molecule has 0 aromatic rings. The zero-order chi connectivity index (χ0) is 27.2. The van der Waals surface area contributed by atoms with Gasteiger partial charge in [0.2, 0.25) is 0 Å². The second kappa shape index (κ2) is 30.6. The van der Waals surface area contributed by atoms with E-state index in [1.807, 2.05) is 0 Å². The Morgan fingerprint density at radius 1 is 0.595 bits per heavy atom. The van der Waals surface area contributed by atoms with E-state index in [4.69, 9.17) is 9.47 Å². The number of likely N-dealkylation sites (N-methyl/N-ethyl adjacent to an activating group) is 1. The fourth-order valence-electron chi connectivity index (χ4n) is 4.40. The van der Waals surface area contributed by atoms with Crippen LogP contribution >= 0.6 is 22.6 Å². The molecule has 0 aliphatic carbocycles. The molecule has 0 aliphatic rings. The van der Waals surface area contributed by atoms with Crippen LogP contribution in [0.15, 0.2) is 24.3 Å². The quantitative estimate of drug-likeness (QED) is 0.0354. The Balaban J connectivity index is 3.54. The maximum atomic E-state index is 6.17. The van der Waals surface area contributed by atoms with Crippen LogP contribution in [0.4, 0.5) is 0 Å². The summed E-state index contributed by atoms with van der Waals surface area (Å²) in [7, 11) is 4.27. The van der Waals surface area contributed by atoms with Gasteiger partial charge in [0.25, 0.3) is 0 Å². The molecule has 0 aliphatic heterocycles. The summed E-state index contributed by atoms with van der Waals surface area (Å²) in [5.74, 6) is 0. The second-order valence-corrected chi connectivity index (χ2v) is 12.1. The highest BCUT2D eigenvalue weighted by molar-refractivity contribution is 14.1. The van der Waals surface area contributed by atoms with Gasteiger partial charge in [-0.25, -0.2) is 0 Å². The molecular weight excluding hydrogens is 569 g/mol. The number of unbranched alkanes of at least 4 members (excludes halogenated alkanes) is 16. The molecule has 0 aromatic heterocycles. The van der Waals surface area contributed by atoms with Crippen molar-refractivity contribution in [1.29, 1.82) is 0 Å². The highest BCUT2D eigenvalue weighted by atomic mass is 127. The Morgan fingerprint density at radius 2 is 1.05 bits per heavy atom. The van der Waals surface area contributed by atoms with Crippen molar-refractivity contribution >= 4 is 22.6 Å². The van der Waals surface area contributed by atoms with Crippen molar-refractivity contribution in [3.63, 3.8) is 0 Å². The first-order valence-electron chi connectivity index (χ1n) is 15.9. The van der Waals surface area contributed by atoms with Crippen molar-refractivity contribution in [3.05, 3.63) is 24.3 Å². The van der Waals surface area contributed by atoms with Crippen LogP contribution in [-0.2, 0) is 9.47 Å². The van der Waals surface area contributed by atoms with Crippen molar-refractivity contribution in [2.24, 2.45) is 0 Å². The van der Waals surface area contributed by atoms with Crippen LogP contribution in [0.25, 0.3) is 0 Å². The Labute approximate surface area is 246 Å². The van der Waals surface area contributed by atoms with Gasteiger partial charge in [0, 0.05) is 13.2 Å². The average Bonchev–Trinajstić information content (AvgIpc) is 2.88.